The Morgan fingerprint density at radius 2 is 1.71 bits per heavy atom. The summed E-state index contributed by atoms with van der Waals surface area (Å²) in [5.74, 6) is -1.30. The highest BCUT2D eigenvalue weighted by atomic mass is 16.5. The van der Waals surface area contributed by atoms with Gasteiger partial charge in [0, 0.05) is 15.2 Å². The van der Waals surface area contributed by atoms with E-state index in [0.717, 1.165) is 5.56 Å². The first-order valence-electron chi connectivity index (χ1n) is 6.88. The SMILES string of the molecule is CCOC(=O)CC(C(=O)OCC)[N+](=O)Cc1ccccc1. The fourth-order valence-corrected chi connectivity index (χ4v) is 1.79. The fraction of sp³-hybridized carbons (Fsp3) is 0.467. The highest BCUT2D eigenvalue weighted by Gasteiger charge is 2.37. The highest BCUT2D eigenvalue weighted by Crippen LogP contribution is 2.08. The van der Waals surface area contributed by atoms with Crippen LogP contribution in [-0.2, 0) is 25.6 Å². The van der Waals surface area contributed by atoms with Crippen LogP contribution in [0.25, 0.3) is 0 Å². The third-order valence-electron chi connectivity index (χ3n) is 2.75. The number of esters is 2. The van der Waals surface area contributed by atoms with Crippen LogP contribution < -0.4 is 0 Å². The molecule has 114 valence electrons. The van der Waals surface area contributed by atoms with Crippen LogP contribution in [0.4, 0.5) is 0 Å². The van der Waals surface area contributed by atoms with Crippen molar-refractivity contribution in [3.05, 3.63) is 40.8 Å². The van der Waals surface area contributed by atoms with Gasteiger partial charge in [-0.1, -0.05) is 30.3 Å². The molecule has 0 aliphatic carbocycles. The lowest BCUT2D eigenvalue weighted by Gasteiger charge is -2.09. The number of benzene rings is 1. The molecule has 0 aliphatic rings. The molecular weight excluding hydrogens is 274 g/mol. The lowest BCUT2D eigenvalue weighted by atomic mass is 10.1. The van der Waals surface area contributed by atoms with Gasteiger partial charge in [-0.3, -0.25) is 4.79 Å². The van der Waals surface area contributed by atoms with Crippen LogP contribution in [0.5, 0.6) is 0 Å². The van der Waals surface area contributed by atoms with Crippen molar-refractivity contribution in [1.29, 1.82) is 0 Å². The normalized spacial score (nSPS) is 11.5. The fourth-order valence-electron chi connectivity index (χ4n) is 1.79. The number of carbonyl (C=O) groups excluding carboxylic acids is 2. The van der Waals surface area contributed by atoms with Crippen LogP contribution in [0.1, 0.15) is 25.8 Å². The van der Waals surface area contributed by atoms with Crippen LogP contribution in [0.3, 0.4) is 0 Å². The summed E-state index contributed by atoms with van der Waals surface area (Å²) in [6, 6.07) is 7.79. The maximum Gasteiger partial charge on any atom is 0.380 e. The number of rotatable bonds is 8. The Balaban J connectivity index is 2.77. The molecule has 0 fully saturated rings. The topological polar surface area (TPSA) is 72.7 Å². The van der Waals surface area contributed by atoms with Crippen LogP contribution in [0, 0.1) is 4.91 Å². The largest absolute Gasteiger partial charge is 0.466 e. The van der Waals surface area contributed by atoms with Crippen molar-refractivity contribution in [3.63, 3.8) is 0 Å². The predicted molar refractivity (Wildman–Crippen MR) is 75.4 cm³/mol. The third kappa shape index (κ3) is 5.72. The molecular formula is C15H20NO5+. The lowest BCUT2D eigenvalue weighted by molar-refractivity contribution is -0.589. The molecule has 21 heavy (non-hydrogen) atoms. The molecule has 1 unspecified atom stereocenters. The monoisotopic (exact) mass is 294 g/mol. The molecule has 0 heterocycles. The molecule has 0 aliphatic heterocycles. The molecule has 0 N–H and O–H groups in total. The lowest BCUT2D eigenvalue weighted by Crippen LogP contribution is -2.36. The minimum Gasteiger partial charge on any atom is -0.466 e. The Morgan fingerprint density at radius 3 is 2.29 bits per heavy atom. The number of nitroso groups, excluding NO2 is 1. The van der Waals surface area contributed by atoms with Crippen molar-refractivity contribution in [3.8, 4) is 0 Å². The summed E-state index contributed by atoms with van der Waals surface area (Å²) in [6.07, 6.45) is -0.316. The van der Waals surface area contributed by atoms with Crippen LogP contribution in [0.15, 0.2) is 30.3 Å². The maximum atomic E-state index is 12.2. The molecule has 1 atom stereocenters. The second kappa shape index (κ2) is 8.84. The Kier molecular flexibility index (Phi) is 7.08. The van der Waals surface area contributed by atoms with Gasteiger partial charge in [0.15, 0.2) is 0 Å². The minimum absolute atomic E-state index is 0.00370. The van der Waals surface area contributed by atoms with Gasteiger partial charge in [-0.2, -0.15) is 0 Å². The Morgan fingerprint density at radius 1 is 1.10 bits per heavy atom. The van der Waals surface area contributed by atoms with Gasteiger partial charge in [-0.05, 0) is 13.8 Å². The van der Waals surface area contributed by atoms with E-state index in [2.05, 4.69) is 0 Å². The van der Waals surface area contributed by atoms with E-state index in [1.165, 1.54) is 0 Å². The molecule has 6 nitrogen and oxygen atoms in total. The summed E-state index contributed by atoms with van der Waals surface area (Å²) in [5, 5.41) is 0. The Labute approximate surface area is 123 Å². The zero-order valence-corrected chi connectivity index (χ0v) is 12.3. The van der Waals surface area contributed by atoms with Crippen molar-refractivity contribution < 1.29 is 23.8 Å². The van der Waals surface area contributed by atoms with E-state index in [4.69, 9.17) is 9.47 Å². The number of ether oxygens (including phenoxy) is 2. The van der Waals surface area contributed by atoms with E-state index < -0.39 is 18.0 Å². The summed E-state index contributed by atoms with van der Waals surface area (Å²) in [6.45, 7) is 3.66. The molecule has 6 heteroatoms. The smallest absolute Gasteiger partial charge is 0.380 e. The van der Waals surface area contributed by atoms with E-state index in [-0.39, 0.29) is 26.2 Å². The summed E-state index contributed by atoms with van der Waals surface area (Å²) >= 11 is 0. The zero-order chi connectivity index (χ0) is 15.7. The number of hydrogen-bond donors (Lipinski definition) is 0. The molecule has 0 amide bonds. The minimum atomic E-state index is -1.19. The zero-order valence-electron chi connectivity index (χ0n) is 12.3. The first-order valence-corrected chi connectivity index (χ1v) is 6.88. The van der Waals surface area contributed by atoms with Crippen molar-refractivity contribution >= 4 is 11.9 Å². The summed E-state index contributed by atoms with van der Waals surface area (Å²) in [7, 11) is 0. The van der Waals surface area contributed by atoms with Crippen molar-refractivity contribution in [1.82, 2.24) is 0 Å². The van der Waals surface area contributed by atoms with Crippen molar-refractivity contribution in [2.75, 3.05) is 13.2 Å². The molecule has 0 bridgehead atoms. The second-order valence-electron chi connectivity index (χ2n) is 4.34. The first-order chi connectivity index (χ1) is 10.1. The molecule has 0 aromatic heterocycles. The van der Waals surface area contributed by atoms with E-state index >= 15 is 0 Å². The van der Waals surface area contributed by atoms with Gasteiger partial charge in [0.05, 0.1) is 13.2 Å². The summed E-state index contributed by atoms with van der Waals surface area (Å²) in [4.78, 5) is 35.5. The standard InChI is InChI=1S/C15H20NO5/c1-3-20-14(17)10-13(15(18)21-4-2)16(19)11-12-8-6-5-7-9-12/h5-9,13H,3-4,10-11H2,1-2H3/q+1. The quantitative estimate of drug-likeness (QED) is 0.540. The van der Waals surface area contributed by atoms with Gasteiger partial charge in [0.25, 0.3) is 0 Å². The van der Waals surface area contributed by atoms with Gasteiger partial charge < -0.3 is 9.47 Å². The Hall–Kier alpha value is -2.24. The molecule has 1 aromatic rings. The van der Waals surface area contributed by atoms with Crippen LogP contribution in [0.2, 0.25) is 0 Å². The molecule has 1 rings (SSSR count). The first kappa shape index (κ1) is 16.8. The molecule has 1 aromatic carbocycles. The van der Waals surface area contributed by atoms with Gasteiger partial charge in [-0.15, -0.1) is 0 Å². The number of nitrogens with zero attached hydrogens (tertiary/aromatic N) is 1. The van der Waals surface area contributed by atoms with E-state index in [1.54, 1.807) is 38.1 Å². The number of carbonyl (C=O) groups is 2. The molecule has 0 saturated carbocycles. The maximum absolute atomic E-state index is 12.2. The van der Waals surface area contributed by atoms with E-state index in [0.29, 0.717) is 4.76 Å². The van der Waals surface area contributed by atoms with Gasteiger partial charge in [-0.25, -0.2) is 4.79 Å². The third-order valence-corrected chi connectivity index (χ3v) is 2.75. The van der Waals surface area contributed by atoms with Crippen LogP contribution in [-0.4, -0.2) is 36.0 Å². The summed E-state index contributed by atoms with van der Waals surface area (Å²) in [5.41, 5.74) is 0.755. The second-order valence-corrected chi connectivity index (χ2v) is 4.34. The van der Waals surface area contributed by atoms with Gasteiger partial charge >= 0.3 is 18.0 Å². The van der Waals surface area contributed by atoms with E-state index in [1.807, 2.05) is 6.07 Å². The average Bonchev–Trinajstić information content (AvgIpc) is 2.46. The van der Waals surface area contributed by atoms with Crippen LogP contribution >= 0.6 is 0 Å². The molecule has 0 radical (unpaired) electrons. The van der Waals surface area contributed by atoms with E-state index in [9.17, 15) is 14.5 Å². The Bertz CT molecular complexity index is 486. The highest BCUT2D eigenvalue weighted by molar-refractivity contribution is 5.81. The van der Waals surface area contributed by atoms with Crippen molar-refractivity contribution in [2.24, 2.45) is 0 Å². The molecule has 0 saturated heterocycles. The van der Waals surface area contributed by atoms with Gasteiger partial charge in [0.1, 0.15) is 6.42 Å². The average molecular weight is 294 g/mol. The number of hydrogen-bond acceptors (Lipinski definition) is 5. The molecule has 0 spiro atoms. The summed E-state index contributed by atoms with van der Waals surface area (Å²) < 4.78 is 10.2. The predicted octanol–water partition coefficient (Wildman–Crippen LogP) is 1.85. The van der Waals surface area contributed by atoms with Crippen molar-refractivity contribution in [2.45, 2.75) is 32.9 Å². The van der Waals surface area contributed by atoms with Gasteiger partial charge in [0.2, 0.25) is 6.54 Å².